The van der Waals surface area contributed by atoms with Crippen LogP contribution in [-0.4, -0.2) is 5.11 Å². The van der Waals surface area contributed by atoms with Crippen LogP contribution in [0.4, 0.5) is 0 Å². The van der Waals surface area contributed by atoms with Crippen molar-refractivity contribution >= 4 is 23.2 Å². The Labute approximate surface area is 111 Å². The molecule has 0 saturated carbocycles. The SMILES string of the molecule is Cc1ccc([C@@H](O)c2cc(Cl)cc(Cl)c2)cc1. The highest BCUT2D eigenvalue weighted by molar-refractivity contribution is 6.34. The fourth-order valence-electron chi connectivity index (χ4n) is 1.67. The molecular weight excluding hydrogens is 255 g/mol. The standard InChI is InChI=1S/C14H12Cl2O/c1-9-2-4-10(5-3-9)14(17)11-6-12(15)8-13(16)7-11/h2-8,14,17H,1H3/t14-/m1/s1. The largest absolute Gasteiger partial charge is 0.384 e. The Bertz CT molecular complexity index is 500. The number of hydrogen-bond acceptors (Lipinski definition) is 1. The summed E-state index contributed by atoms with van der Waals surface area (Å²) in [6.45, 7) is 2.01. The Balaban J connectivity index is 2.36. The molecule has 0 unspecified atom stereocenters. The highest BCUT2D eigenvalue weighted by atomic mass is 35.5. The van der Waals surface area contributed by atoms with Crippen molar-refractivity contribution in [1.29, 1.82) is 0 Å². The molecule has 0 radical (unpaired) electrons. The van der Waals surface area contributed by atoms with Gasteiger partial charge in [0.25, 0.3) is 0 Å². The summed E-state index contributed by atoms with van der Waals surface area (Å²) < 4.78 is 0. The summed E-state index contributed by atoms with van der Waals surface area (Å²) in [7, 11) is 0. The zero-order valence-electron chi connectivity index (χ0n) is 9.32. The molecule has 3 heteroatoms. The fourth-order valence-corrected chi connectivity index (χ4v) is 2.22. The molecule has 0 fully saturated rings. The van der Waals surface area contributed by atoms with Gasteiger partial charge in [0.1, 0.15) is 6.10 Å². The third-order valence-electron chi connectivity index (χ3n) is 2.59. The highest BCUT2D eigenvalue weighted by Crippen LogP contribution is 2.27. The van der Waals surface area contributed by atoms with E-state index in [0.717, 1.165) is 11.1 Å². The topological polar surface area (TPSA) is 20.2 Å². The van der Waals surface area contributed by atoms with E-state index in [1.54, 1.807) is 18.2 Å². The van der Waals surface area contributed by atoms with Crippen LogP contribution in [0.1, 0.15) is 22.8 Å². The van der Waals surface area contributed by atoms with Crippen LogP contribution in [0.5, 0.6) is 0 Å². The van der Waals surface area contributed by atoms with Crippen molar-refractivity contribution in [3.63, 3.8) is 0 Å². The summed E-state index contributed by atoms with van der Waals surface area (Å²) in [5.41, 5.74) is 2.69. The summed E-state index contributed by atoms with van der Waals surface area (Å²) in [4.78, 5) is 0. The molecule has 0 aromatic heterocycles. The van der Waals surface area contributed by atoms with E-state index in [1.165, 1.54) is 0 Å². The first-order chi connectivity index (χ1) is 8.06. The van der Waals surface area contributed by atoms with Crippen LogP contribution in [0.25, 0.3) is 0 Å². The zero-order chi connectivity index (χ0) is 12.4. The first-order valence-corrected chi connectivity index (χ1v) is 6.02. The summed E-state index contributed by atoms with van der Waals surface area (Å²) in [6, 6.07) is 12.8. The van der Waals surface area contributed by atoms with Gasteiger partial charge in [-0.2, -0.15) is 0 Å². The van der Waals surface area contributed by atoms with Crippen LogP contribution in [-0.2, 0) is 0 Å². The van der Waals surface area contributed by atoms with E-state index in [4.69, 9.17) is 23.2 Å². The minimum absolute atomic E-state index is 0.527. The molecule has 1 N–H and O–H groups in total. The number of rotatable bonds is 2. The lowest BCUT2D eigenvalue weighted by atomic mass is 10.0. The minimum atomic E-state index is -0.702. The molecule has 0 aliphatic rings. The molecule has 0 spiro atoms. The number of aliphatic hydroxyl groups is 1. The summed E-state index contributed by atoms with van der Waals surface area (Å²) in [5, 5.41) is 11.3. The van der Waals surface area contributed by atoms with Crippen LogP contribution in [0.3, 0.4) is 0 Å². The quantitative estimate of drug-likeness (QED) is 0.855. The smallest absolute Gasteiger partial charge is 0.104 e. The summed E-state index contributed by atoms with van der Waals surface area (Å²) in [5.74, 6) is 0. The maximum atomic E-state index is 10.2. The third-order valence-corrected chi connectivity index (χ3v) is 3.03. The van der Waals surface area contributed by atoms with Crippen molar-refractivity contribution < 1.29 is 5.11 Å². The molecule has 88 valence electrons. The predicted octanol–water partition coefficient (Wildman–Crippen LogP) is 4.38. The van der Waals surface area contributed by atoms with Crippen LogP contribution >= 0.6 is 23.2 Å². The zero-order valence-corrected chi connectivity index (χ0v) is 10.8. The van der Waals surface area contributed by atoms with Gasteiger partial charge in [-0.15, -0.1) is 0 Å². The van der Waals surface area contributed by atoms with Crippen LogP contribution in [0.15, 0.2) is 42.5 Å². The molecule has 0 saturated heterocycles. The van der Waals surface area contributed by atoms with Crippen molar-refractivity contribution in [3.05, 3.63) is 69.2 Å². The lowest BCUT2D eigenvalue weighted by molar-refractivity contribution is 0.220. The van der Waals surface area contributed by atoms with E-state index in [-0.39, 0.29) is 0 Å². The molecule has 0 aliphatic heterocycles. The van der Waals surface area contributed by atoms with E-state index in [2.05, 4.69) is 0 Å². The second-order valence-electron chi connectivity index (χ2n) is 4.02. The number of halogens is 2. The Hall–Kier alpha value is -1.02. The molecule has 2 rings (SSSR count). The number of aryl methyl sites for hydroxylation is 1. The van der Waals surface area contributed by atoms with E-state index in [1.807, 2.05) is 31.2 Å². The molecule has 17 heavy (non-hydrogen) atoms. The van der Waals surface area contributed by atoms with Crippen LogP contribution in [0.2, 0.25) is 10.0 Å². The second kappa shape index (κ2) is 5.09. The maximum Gasteiger partial charge on any atom is 0.104 e. The van der Waals surface area contributed by atoms with Crippen molar-refractivity contribution in [2.45, 2.75) is 13.0 Å². The van der Waals surface area contributed by atoms with E-state index in [0.29, 0.717) is 15.6 Å². The summed E-state index contributed by atoms with van der Waals surface area (Å²) >= 11 is 11.8. The Kier molecular flexibility index (Phi) is 3.72. The average Bonchev–Trinajstić information content (AvgIpc) is 2.28. The Morgan fingerprint density at radius 3 is 1.94 bits per heavy atom. The van der Waals surface area contributed by atoms with Gasteiger partial charge in [0.15, 0.2) is 0 Å². The molecule has 0 bridgehead atoms. The lowest BCUT2D eigenvalue weighted by Crippen LogP contribution is -1.99. The third kappa shape index (κ3) is 3.01. The molecular formula is C14H12Cl2O. The van der Waals surface area contributed by atoms with Crippen LogP contribution < -0.4 is 0 Å². The Morgan fingerprint density at radius 2 is 1.41 bits per heavy atom. The van der Waals surface area contributed by atoms with Gasteiger partial charge < -0.3 is 5.11 Å². The van der Waals surface area contributed by atoms with Gasteiger partial charge in [0.05, 0.1) is 0 Å². The molecule has 2 aromatic rings. The highest BCUT2D eigenvalue weighted by Gasteiger charge is 2.11. The van der Waals surface area contributed by atoms with Crippen LogP contribution in [0, 0.1) is 6.92 Å². The van der Waals surface area contributed by atoms with Gasteiger partial charge in [0, 0.05) is 10.0 Å². The predicted molar refractivity (Wildman–Crippen MR) is 71.7 cm³/mol. The molecule has 1 nitrogen and oxygen atoms in total. The van der Waals surface area contributed by atoms with Gasteiger partial charge in [-0.25, -0.2) is 0 Å². The van der Waals surface area contributed by atoms with E-state index >= 15 is 0 Å². The minimum Gasteiger partial charge on any atom is -0.384 e. The number of hydrogen-bond donors (Lipinski definition) is 1. The van der Waals surface area contributed by atoms with Gasteiger partial charge in [-0.05, 0) is 36.2 Å². The van der Waals surface area contributed by atoms with Crippen molar-refractivity contribution in [2.24, 2.45) is 0 Å². The molecule has 2 aromatic carbocycles. The molecule has 0 heterocycles. The van der Waals surface area contributed by atoms with Crippen molar-refractivity contribution in [2.75, 3.05) is 0 Å². The first kappa shape index (κ1) is 12.4. The van der Waals surface area contributed by atoms with Gasteiger partial charge >= 0.3 is 0 Å². The maximum absolute atomic E-state index is 10.2. The van der Waals surface area contributed by atoms with E-state index < -0.39 is 6.10 Å². The number of benzene rings is 2. The average molecular weight is 267 g/mol. The van der Waals surface area contributed by atoms with Gasteiger partial charge in [-0.1, -0.05) is 53.0 Å². The van der Waals surface area contributed by atoms with Crippen molar-refractivity contribution in [3.8, 4) is 0 Å². The normalized spacial score (nSPS) is 12.5. The Morgan fingerprint density at radius 1 is 0.882 bits per heavy atom. The molecule has 0 aliphatic carbocycles. The van der Waals surface area contributed by atoms with Gasteiger partial charge in [0.2, 0.25) is 0 Å². The number of aliphatic hydroxyl groups excluding tert-OH is 1. The van der Waals surface area contributed by atoms with Crippen molar-refractivity contribution in [1.82, 2.24) is 0 Å². The lowest BCUT2D eigenvalue weighted by Gasteiger charge is -2.12. The van der Waals surface area contributed by atoms with Gasteiger partial charge in [-0.3, -0.25) is 0 Å². The molecule has 0 amide bonds. The van der Waals surface area contributed by atoms with E-state index in [9.17, 15) is 5.11 Å². The summed E-state index contributed by atoms with van der Waals surface area (Å²) in [6.07, 6.45) is -0.702. The second-order valence-corrected chi connectivity index (χ2v) is 4.89. The monoisotopic (exact) mass is 266 g/mol. The first-order valence-electron chi connectivity index (χ1n) is 5.27. The fraction of sp³-hybridized carbons (Fsp3) is 0.143. The molecule has 1 atom stereocenters.